The van der Waals surface area contributed by atoms with Gasteiger partial charge >= 0.3 is 0 Å². The van der Waals surface area contributed by atoms with Gasteiger partial charge in [-0.1, -0.05) is 19.8 Å². The van der Waals surface area contributed by atoms with Crippen molar-refractivity contribution in [2.24, 2.45) is 0 Å². The van der Waals surface area contributed by atoms with E-state index < -0.39 is 0 Å². The summed E-state index contributed by atoms with van der Waals surface area (Å²) in [6.45, 7) is 5.80. The van der Waals surface area contributed by atoms with Crippen LogP contribution in [0.1, 0.15) is 33.1 Å². The van der Waals surface area contributed by atoms with Gasteiger partial charge in [-0.2, -0.15) is 0 Å². The summed E-state index contributed by atoms with van der Waals surface area (Å²) in [5.41, 5.74) is 0. The highest BCUT2D eigenvalue weighted by Crippen LogP contribution is 1.98. The molecule has 2 N–H and O–H groups in total. The Kier molecular flexibility index (Phi) is 8.98. The Bertz CT molecular complexity index is 153. The fourth-order valence-corrected chi connectivity index (χ4v) is 1.43. The van der Waals surface area contributed by atoms with E-state index in [0.29, 0.717) is 12.6 Å². The van der Waals surface area contributed by atoms with E-state index in [9.17, 15) is 0 Å². The number of unbranched alkanes of at least 4 members (excludes halogenated alkanes) is 1. The molecule has 0 heterocycles. The summed E-state index contributed by atoms with van der Waals surface area (Å²) in [7, 11) is 1.68. The summed E-state index contributed by atoms with van der Waals surface area (Å²) in [6, 6.07) is 0.456. The quantitative estimate of drug-likeness (QED) is 0.503. The molecular formula is C10H22N2OS. The average molecular weight is 218 g/mol. The van der Waals surface area contributed by atoms with Crippen LogP contribution in [0.3, 0.4) is 0 Å². The van der Waals surface area contributed by atoms with Gasteiger partial charge in [0.25, 0.3) is 0 Å². The molecule has 1 unspecified atom stereocenters. The van der Waals surface area contributed by atoms with Crippen molar-refractivity contribution >= 4 is 17.3 Å². The maximum Gasteiger partial charge on any atom is 0.166 e. The van der Waals surface area contributed by atoms with Crippen LogP contribution in [0.4, 0.5) is 0 Å². The molecule has 0 amide bonds. The number of methoxy groups -OCH3 is 1. The SMILES string of the molecule is CCCCC(C)NC(=S)NCCOC. The largest absolute Gasteiger partial charge is 0.383 e. The van der Waals surface area contributed by atoms with Crippen molar-refractivity contribution < 1.29 is 4.74 Å². The third-order valence-corrected chi connectivity index (χ3v) is 2.22. The van der Waals surface area contributed by atoms with Gasteiger partial charge in [-0.05, 0) is 25.6 Å². The molecule has 0 aromatic rings. The molecule has 0 aliphatic carbocycles. The van der Waals surface area contributed by atoms with Crippen molar-refractivity contribution in [3.63, 3.8) is 0 Å². The van der Waals surface area contributed by atoms with Crippen molar-refractivity contribution in [2.75, 3.05) is 20.3 Å². The molecule has 0 saturated heterocycles. The van der Waals surface area contributed by atoms with Gasteiger partial charge in [0.1, 0.15) is 0 Å². The molecule has 0 bridgehead atoms. The van der Waals surface area contributed by atoms with Crippen molar-refractivity contribution in [2.45, 2.75) is 39.2 Å². The van der Waals surface area contributed by atoms with Crippen LogP contribution in [0.25, 0.3) is 0 Å². The summed E-state index contributed by atoms with van der Waals surface area (Å²) in [4.78, 5) is 0. The molecule has 84 valence electrons. The van der Waals surface area contributed by atoms with Gasteiger partial charge < -0.3 is 15.4 Å². The number of hydrogen-bond donors (Lipinski definition) is 2. The molecule has 0 fully saturated rings. The molecule has 0 aromatic heterocycles. The molecule has 0 radical (unpaired) electrons. The highest BCUT2D eigenvalue weighted by atomic mass is 32.1. The molecular weight excluding hydrogens is 196 g/mol. The highest BCUT2D eigenvalue weighted by Gasteiger charge is 2.02. The van der Waals surface area contributed by atoms with E-state index in [1.807, 2.05) is 0 Å². The van der Waals surface area contributed by atoms with Crippen LogP contribution in [0.15, 0.2) is 0 Å². The van der Waals surface area contributed by atoms with Crippen molar-refractivity contribution in [1.29, 1.82) is 0 Å². The second-order valence-electron chi connectivity index (χ2n) is 3.44. The zero-order valence-corrected chi connectivity index (χ0v) is 10.2. The normalized spacial score (nSPS) is 12.2. The smallest absolute Gasteiger partial charge is 0.166 e. The van der Waals surface area contributed by atoms with Crippen LogP contribution in [-0.2, 0) is 4.74 Å². The minimum absolute atomic E-state index is 0.456. The van der Waals surface area contributed by atoms with Crippen molar-refractivity contribution in [3.05, 3.63) is 0 Å². The van der Waals surface area contributed by atoms with Gasteiger partial charge in [0.2, 0.25) is 0 Å². The van der Waals surface area contributed by atoms with E-state index >= 15 is 0 Å². The predicted molar refractivity (Wildman–Crippen MR) is 64.6 cm³/mol. The maximum atomic E-state index is 5.12. The molecule has 0 aliphatic rings. The van der Waals surface area contributed by atoms with Crippen LogP contribution in [0.2, 0.25) is 0 Å². The average Bonchev–Trinajstić information content (AvgIpc) is 2.15. The van der Waals surface area contributed by atoms with Crippen LogP contribution in [-0.4, -0.2) is 31.4 Å². The fraction of sp³-hybridized carbons (Fsp3) is 0.900. The first-order valence-corrected chi connectivity index (χ1v) is 5.64. The Labute approximate surface area is 92.6 Å². The lowest BCUT2D eigenvalue weighted by molar-refractivity contribution is 0.204. The summed E-state index contributed by atoms with van der Waals surface area (Å²) >= 11 is 5.12. The predicted octanol–water partition coefficient (Wildman–Crippen LogP) is 1.68. The maximum absolute atomic E-state index is 5.12. The summed E-state index contributed by atoms with van der Waals surface area (Å²) in [5, 5.41) is 7.05. The minimum atomic E-state index is 0.456. The lowest BCUT2D eigenvalue weighted by Gasteiger charge is -2.16. The molecule has 1 atom stereocenters. The minimum Gasteiger partial charge on any atom is -0.383 e. The van der Waals surface area contributed by atoms with Gasteiger partial charge in [0.05, 0.1) is 6.61 Å². The summed E-state index contributed by atoms with van der Waals surface area (Å²) in [6.07, 6.45) is 3.65. The third-order valence-electron chi connectivity index (χ3n) is 1.96. The standard InChI is InChI=1S/C10H22N2OS/c1-4-5-6-9(2)12-10(14)11-7-8-13-3/h9H,4-8H2,1-3H3,(H2,11,12,14). The molecule has 0 aromatic carbocycles. The van der Waals surface area contributed by atoms with Crippen molar-refractivity contribution in [3.8, 4) is 0 Å². The van der Waals surface area contributed by atoms with Crippen LogP contribution in [0, 0.1) is 0 Å². The summed E-state index contributed by atoms with van der Waals surface area (Å²) < 4.78 is 4.91. The second kappa shape index (κ2) is 9.21. The lowest BCUT2D eigenvalue weighted by atomic mass is 10.1. The van der Waals surface area contributed by atoms with Gasteiger partial charge in [0.15, 0.2) is 5.11 Å². The number of thiocarbonyl (C=S) groups is 1. The van der Waals surface area contributed by atoms with E-state index in [0.717, 1.165) is 11.7 Å². The van der Waals surface area contributed by atoms with Crippen LogP contribution < -0.4 is 10.6 Å². The molecule has 4 heteroatoms. The Hall–Kier alpha value is -0.350. The zero-order valence-electron chi connectivity index (χ0n) is 9.43. The Morgan fingerprint density at radius 1 is 1.50 bits per heavy atom. The number of hydrogen-bond acceptors (Lipinski definition) is 2. The van der Waals surface area contributed by atoms with E-state index in [-0.39, 0.29) is 0 Å². The topological polar surface area (TPSA) is 33.3 Å². The molecule has 0 spiro atoms. The van der Waals surface area contributed by atoms with Crippen molar-refractivity contribution in [1.82, 2.24) is 10.6 Å². The molecule has 14 heavy (non-hydrogen) atoms. The Balaban J connectivity index is 3.40. The van der Waals surface area contributed by atoms with Gasteiger partial charge in [-0.3, -0.25) is 0 Å². The van der Waals surface area contributed by atoms with Gasteiger partial charge in [0, 0.05) is 19.7 Å². The first-order valence-electron chi connectivity index (χ1n) is 5.24. The fourth-order valence-electron chi connectivity index (χ4n) is 1.12. The number of nitrogens with one attached hydrogen (secondary N) is 2. The first kappa shape index (κ1) is 13.7. The first-order chi connectivity index (χ1) is 6.70. The monoisotopic (exact) mass is 218 g/mol. The van der Waals surface area contributed by atoms with E-state index in [2.05, 4.69) is 24.5 Å². The van der Waals surface area contributed by atoms with E-state index in [1.165, 1.54) is 19.3 Å². The third kappa shape index (κ3) is 8.26. The van der Waals surface area contributed by atoms with E-state index in [4.69, 9.17) is 17.0 Å². The highest BCUT2D eigenvalue weighted by molar-refractivity contribution is 7.80. The lowest BCUT2D eigenvalue weighted by Crippen LogP contribution is -2.41. The molecule has 0 aliphatic heterocycles. The van der Waals surface area contributed by atoms with Gasteiger partial charge in [-0.25, -0.2) is 0 Å². The van der Waals surface area contributed by atoms with Crippen LogP contribution >= 0.6 is 12.2 Å². The summed E-state index contributed by atoms with van der Waals surface area (Å²) in [5.74, 6) is 0. The molecule has 0 saturated carbocycles. The van der Waals surface area contributed by atoms with Gasteiger partial charge in [-0.15, -0.1) is 0 Å². The van der Waals surface area contributed by atoms with Crippen LogP contribution in [0.5, 0.6) is 0 Å². The second-order valence-corrected chi connectivity index (χ2v) is 3.84. The Morgan fingerprint density at radius 2 is 2.21 bits per heavy atom. The zero-order chi connectivity index (χ0) is 10.8. The molecule has 0 rings (SSSR count). The van der Waals surface area contributed by atoms with E-state index in [1.54, 1.807) is 7.11 Å². The number of rotatable bonds is 7. The number of ether oxygens (including phenoxy) is 1. The Morgan fingerprint density at radius 3 is 2.79 bits per heavy atom. The molecule has 3 nitrogen and oxygen atoms in total.